The Morgan fingerprint density at radius 3 is 2.40 bits per heavy atom. The lowest BCUT2D eigenvalue weighted by atomic mass is 9.63. The Bertz CT molecular complexity index is 527. The summed E-state index contributed by atoms with van der Waals surface area (Å²) in [5, 5.41) is 0. The van der Waals surface area contributed by atoms with E-state index in [0.29, 0.717) is 5.92 Å². The number of hydrogen-bond acceptors (Lipinski definition) is 0. The van der Waals surface area contributed by atoms with Crippen molar-refractivity contribution in [2.75, 3.05) is 0 Å². The Morgan fingerprint density at radius 1 is 0.920 bits per heavy atom. The maximum Gasteiger partial charge on any atom is -0.0111 e. The highest BCUT2D eigenvalue weighted by atomic mass is 14.4. The Labute approximate surface area is 156 Å². The van der Waals surface area contributed by atoms with Crippen molar-refractivity contribution in [1.82, 2.24) is 0 Å². The van der Waals surface area contributed by atoms with Gasteiger partial charge in [0.1, 0.15) is 0 Å². The van der Waals surface area contributed by atoms with Gasteiger partial charge in [-0.05, 0) is 65.9 Å². The molecular formula is C25H40. The van der Waals surface area contributed by atoms with E-state index >= 15 is 0 Å². The molecule has 140 valence electrons. The minimum Gasteiger partial charge on any atom is -0.0651 e. The Hall–Kier alpha value is -0.780. The van der Waals surface area contributed by atoms with Crippen molar-refractivity contribution in [2.24, 2.45) is 29.6 Å². The molecule has 0 bridgehead atoms. The van der Waals surface area contributed by atoms with Gasteiger partial charge in [-0.2, -0.15) is 0 Å². The molecule has 1 aromatic rings. The van der Waals surface area contributed by atoms with Crippen LogP contribution in [0.15, 0.2) is 24.3 Å². The van der Waals surface area contributed by atoms with Gasteiger partial charge in [-0.25, -0.2) is 0 Å². The van der Waals surface area contributed by atoms with E-state index in [1.165, 1.54) is 57.8 Å². The highest BCUT2D eigenvalue weighted by molar-refractivity contribution is 5.32. The van der Waals surface area contributed by atoms with Crippen LogP contribution in [-0.4, -0.2) is 0 Å². The minimum atomic E-state index is 0.715. The van der Waals surface area contributed by atoms with Crippen molar-refractivity contribution >= 4 is 0 Å². The molecule has 0 amide bonds. The molecule has 2 aliphatic carbocycles. The maximum atomic E-state index is 2.46. The van der Waals surface area contributed by atoms with Crippen molar-refractivity contribution in [3.63, 3.8) is 0 Å². The third-order valence-corrected chi connectivity index (χ3v) is 7.59. The molecule has 5 atom stereocenters. The van der Waals surface area contributed by atoms with Crippen molar-refractivity contribution in [2.45, 2.75) is 91.4 Å². The second-order valence-electron chi connectivity index (χ2n) is 9.46. The molecule has 2 saturated carbocycles. The fourth-order valence-electron chi connectivity index (χ4n) is 6.23. The van der Waals surface area contributed by atoms with Gasteiger partial charge < -0.3 is 0 Å². The van der Waals surface area contributed by atoms with E-state index in [4.69, 9.17) is 0 Å². The van der Waals surface area contributed by atoms with Gasteiger partial charge in [-0.3, -0.25) is 0 Å². The average molecular weight is 341 g/mol. The van der Waals surface area contributed by atoms with E-state index in [1.54, 1.807) is 11.1 Å². The molecule has 0 N–H and O–H groups in total. The fraction of sp³-hybridized carbons (Fsp3) is 0.760. The molecule has 1 aromatic carbocycles. The minimum absolute atomic E-state index is 0.715. The monoisotopic (exact) mass is 340 g/mol. The summed E-state index contributed by atoms with van der Waals surface area (Å²) in [5.41, 5.74) is 3.35. The highest BCUT2D eigenvalue weighted by Gasteiger charge is 2.35. The van der Waals surface area contributed by atoms with Crippen LogP contribution in [0.25, 0.3) is 0 Å². The molecule has 0 aliphatic heterocycles. The summed E-state index contributed by atoms with van der Waals surface area (Å²) < 4.78 is 0. The lowest BCUT2D eigenvalue weighted by molar-refractivity contribution is 0.103. The van der Waals surface area contributed by atoms with Crippen molar-refractivity contribution in [3.8, 4) is 0 Å². The van der Waals surface area contributed by atoms with Gasteiger partial charge in [0, 0.05) is 0 Å². The molecule has 0 nitrogen and oxygen atoms in total. The first-order valence-electron chi connectivity index (χ1n) is 11.2. The van der Waals surface area contributed by atoms with Crippen molar-refractivity contribution in [1.29, 1.82) is 0 Å². The molecule has 0 heteroatoms. The molecule has 0 radical (unpaired) electrons. The SMILES string of the molecule is CCC(C)C(c1ccccc1CC1CCCC2CCCCC21)C(C)C. The number of fused-ring (bicyclic) bond motifs is 1. The Morgan fingerprint density at radius 2 is 1.64 bits per heavy atom. The quantitative estimate of drug-likeness (QED) is 0.499. The zero-order valence-electron chi connectivity index (χ0n) is 17.1. The van der Waals surface area contributed by atoms with E-state index < -0.39 is 0 Å². The third kappa shape index (κ3) is 4.32. The van der Waals surface area contributed by atoms with Gasteiger partial charge in [-0.1, -0.05) is 90.5 Å². The molecule has 0 saturated heterocycles. The van der Waals surface area contributed by atoms with Gasteiger partial charge in [0.15, 0.2) is 0 Å². The smallest absolute Gasteiger partial charge is 0.0111 e. The summed E-state index contributed by atoms with van der Waals surface area (Å²) in [6.07, 6.45) is 13.1. The van der Waals surface area contributed by atoms with Crippen LogP contribution in [0.3, 0.4) is 0 Å². The van der Waals surface area contributed by atoms with Gasteiger partial charge in [0.25, 0.3) is 0 Å². The van der Waals surface area contributed by atoms with Crippen LogP contribution < -0.4 is 0 Å². The number of rotatable bonds is 6. The number of hydrogen-bond donors (Lipinski definition) is 0. The first kappa shape index (κ1) is 19.0. The molecule has 2 aliphatic rings. The highest BCUT2D eigenvalue weighted by Crippen LogP contribution is 2.46. The summed E-state index contributed by atoms with van der Waals surface area (Å²) in [4.78, 5) is 0. The van der Waals surface area contributed by atoms with E-state index in [0.717, 1.165) is 29.6 Å². The van der Waals surface area contributed by atoms with Crippen LogP contribution >= 0.6 is 0 Å². The summed E-state index contributed by atoms with van der Waals surface area (Å²) >= 11 is 0. The molecule has 0 heterocycles. The van der Waals surface area contributed by atoms with Gasteiger partial charge in [0.05, 0.1) is 0 Å². The van der Waals surface area contributed by atoms with Crippen molar-refractivity contribution < 1.29 is 0 Å². The predicted molar refractivity (Wildman–Crippen MR) is 110 cm³/mol. The summed E-state index contributed by atoms with van der Waals surface area (Å²) in [6, 6.07) is 9.47. The second kappa shape index (κ2) is 8.74. The van der Waals surface area contributed by atoms with E-state index in [1.807, 2.05) is 0 Å². The molecular weight excluding hydrogens is 300 g/mol. The van der Waals surface area contributed by atoms with Crippen molar-refractivity contribution in [3.05, 3.63) is 35.4 Å². The molecule has 0 spiro atoms. The van der Waals surface area contributed by atoms with E-state index in [2.05, 4.69) is 52.0 Å². The fourth-order valence-corrected chi connectivity index (χ4v) is 6.23. The normalized spacial score (nSPS) is 29.2. The van der Waals surface area contributed by atoms with E-state index in [-0.39, 0.29) is 0 Å². The lowest BCUT2D eigenvalue weighted by Crippen LogP contribution is -2.32. The zero-order chi connectivity index (χ0) is 17.8. The third-order valence-electron chi connectivity index (χ3n) is 7.59. The molecule has 0 aromatic heterocycles. The van der Waals surface area contributed by atoms with Gasteiger partial charge >= 0.3 is 0 Å². The van der Waals surface area contributed by atoms with Crippen LogP contribution in [0.5, 0.6) is 0 Å². The second-order valence-corrected chi connectivity index (χ2v) is 9.46. The topological polar surface area (TPSA) is 0 Å². The molecule has 25 heavy (non-hydrogen) atoms. The maximum absolute atomic E-state index is 2.46. The Kier molecular flexibility index (Phi) is 6.64. The zero-order valence-corrected chi connectivity index (χ0v) is 17.1. The Balaban J connectivity index is 1.82. The summed E-state index contributed by atoms with van der Waals surface area (Å²) in [7, 11) is 0. The molecule has 3 rings (SSSR count). The molecule has 5 unspecified atom stereocenters. The summed E-state index contributed by atoms with van der Waals surface area (Å²) in [5.74, 6) is 5.24. The van der Waals surface area contributed by atoms with Gasteiger partial charge in [-0.15, -0.1) is 0 Å². The largest absolute Gasteiger partial charge is 0.0651 e. The van der Waals surface area contributed by atoms with Crippen LogP contribution in [0, 0.1) is 29.6 Å². The number of benzene rings is 1. The average Bonchev–Trinajstić information content (AvgIpc) is 2.63. The summed E-state index contributed by atoms with van der Waals surface area (Å²) in [6.45, 7) is 9.66. The first-order valence-corrected chi connectivity index (χ1v) is 11.2. The van der Waals surface area contributed by atoms with E-state index in [9.17, 15) is 0 Å². The lowest BCUT2D eigenvalue weighted by Gasteiger charge is -2.42. The molecule has 2 fully saturated rings. The van der Waals surface area contributed by atoms with Crippen LogP contribution in [0.4, 0.5) is 0 Å². The predicted octanol–water partition coefficient (Wildman–Crippen LogP) is 7.62. The van der Waals surface area contributed by atoms with Gasteiger partial charge in [0.2, 0.25) is 0 Å². The first-order chi connectivity index (χ1) is 12.1. The van der Waals surface area contributed by atoms with Crippen LogP contribution in [-0.2, 0) is 6.42 Å². The van der Waals surface area contributed by atoms with Crippen LogP contribution in [0.1, 0.15) is 96.1 Å². The standard InChI is InChI=1S/C25H40/c1-5-19(4)25(18(2)3)24-16-9-7-12-22(24)17-21-14-10-13-20-11-6-8-15-23(20)21/h7,9,12,16,18-21,23,25H,5-6,8,10-11,13-15,17H2,1-4H3. The van der Waals surface area contributed by atoms with Crippen LogP contribution in [0.2, 0.25) is 0 Å².